The van der Waals surface area contributed by atoms with Gasteiger partial charge in [-0.1, -0.05) is 11.6 Å². The zero-order chi connectivity index (χ0) is 17.9. The van der Waals surface area contributed by atoms with E-state index in [4.69, 9.17) is 21.1 Å². The number of rotatable bonds is 2. The zero-order valence-electron chi connectivity index (χ0n) is 12.0. The molecule has 2 aromatic heterocycles. The largest absolute Gasteiger partial charge is 0.497 e. The summed E-state index contributed by atoms with van der Waals surface area (Å²) in [5.74, 6) is 1.31. The van der Waals surface area contributed by atoms with E-state index in [2.05, 4.69) is 43.7 Å². The minimum absolute atomic E-state index is 0.144. The molecule has 2 rings (SSSR count). The van der Waals surface area contributed by atoms with Gasteiger partial charge in [0.15, 0.2) is 0 Å². The standard InChI is InChI=1S/C6H6ClNO.C6H7NO2.Cl3OP/c1-9-5-2-3-8-6(7)4-5;1-9-5-2-3-7-6(8)4-5;1-5(2,3)4/h2-4H,1H3;2-4H,1H3,(H,7,8);. The van der Waals surface area contributed by atoms with Crippen molar-refractivity contribution in [2.24, 2.45) is 0 Å². The Hall–Kier alpha value is -0.910. The minimum atomic E-state index is -3.22. The Morgan fingerprint density at radius 3 is 1.96 bits per heavy atom. The second-order valence-electron chi connectivity index (χ2n) is 3.51. The van der Waals surface area contributed by atoms with Gasteiger partial charge in [-0.15, -0.1) is 0 Å². The first-order valence-corrected chi connectivity index (χ1v) is 10.5. The fourth-order valence-electron chi connectivity index (χ4n) is 1.06. The maximum atomic E-state index is 10.5. The number of nitrogens with zero attached hydrogens (tertiary/aromatic N) is 1. The molecule has 0 saturated carbocycles. The van der Waals surface area contributed by atoms with Crippen molar-refractivity contribution in [2.75, 3.05) is 14.2 Å². The number of pyridine rings is 2. The first kappa shape index (κ1) is 22.1. The van der Waals surface area contributed by atoms with Gasteiger partial charge in [0.25, 0.3) is 5.56 Å². The number of hydrogen-bond donors (Lipinski definition) is 1. The van der Waals surface area contributed by atoms with Crippen LogP contribution in [0.1, 0.15) is 0 Å². The zero-order valence-corrected chi connectivity index (χ0v) is 15.9. The molecule has 0 aromatic carbocycles. The van der Waals surface area contributed by atoms with Crippen LogP contribution in [0.2, 0.25) is 5.15 Å². The average Bonchev–Trinajstić information content (AvgIpc) is 2.46. The number of aromatic amines is 1. The summed E-state index contributed by atoms with van der Waals surface area (Å²) < 4.78 is 19.2. The van der Waals surface area contributed by atoms with Crippen LogP contribution in [0.25, 0.3) is 0 Å². The summed E-state index contributed by atoms with van der Waals surface area (Å²) in [5.41, 5.74) is -0.144. The van der Waals surface area contributed by atoms with E-state index in [0.717, 1.165) is 5.75 Å². The fraction of sp³-hybridized carbons (Fsp3) is 0.167. The van der Waals surface area contributed by atoms with Gasteiger partial charge in [0.2, 0.25) is 0 Å². The lowest BCUT2D eigenvalue weighted by atomic mass is 10.4. The highest BCUT2D eigenvalue weighted by Gasteiger charge is 2.03. The predicted octanol–water partition coefficient (Wildman–Crippen LogP) is 4.94. The molecule has 0 atom stereocenters. The summed E-state index contributed by atoms with van der Waals surface area (Å²) >= 11 is 19.4. The lowest BCUT2D eigenvalue weighted by Gasteiger charge is -1.96. The summed E-state index contributed by atoms with van der Waals surface area (Å²) in [6, 6.07) is 6.47. The van der Waals surface area contributed by atoms with Crippen LogP contribution in [0, 0.1) is 0 Å². The normalized spacial score (nSPS) is 9.65. The van der Waals surface area contributed by atoms with Crippen molar-refractivity contribution in [3.8, 4) is 11.5 Å². The molecule has 1 N–H and O–H groups in total. The third-order valence-corrected chi connectivity index (χ3v) is 2.12. The molecule has 0 saturated heterocycles. The molecule has 2 aromatic rings. The first-order chi connectivity index (χ1) is 10.7. The third kappa shape index (κ3) is 14.4. The lowest BCUT2D eigenvalue weighted by Crippen LogP contribution is -2.01. The number of halogens is 4. The van der Waals surface area contributed by atoms with Crippen LogP contribution < -0.4 is 15.0 Å². The molecule has 11 heteroatoms. The van der Waals surface area contributed by atoms with Gasteiger partial charge in [0, 0.05) is 24.5 Å². The lowest BCUT2D eigenvalue weighted by molar-refractivity contribution is 0.413. The van der Waals surface area contributed by atoms with Crippen LogP contribution >= 0.6 is 50.5 Å². The molecule has 2 heterocycles. The topological polar surface area (TPSA) is 81.3 Å². The summed E-state index contributed by atoms with van der Waals surface area (Å²) in [6.07, 6.45) is 3.14. The van der Waals surface area contributed by atoms with E-state index >= 15 is 0 Å². The number of hydrogen-bond acceptors (Lipinski definition) is 5. The van der Waals surface area contributed by atoms with E-state index in [1.807, 2.05) is 0 Å². The average molecular weight is 422 g/mol. The molecule has 6 nitrogen and oxygen atoms in total. The molecule has 0 unspecified atom stereocenters. The van der Waals surface area contributed by atoms with Crippen LogP contribution in [0.15, 0.2) is 41.5 Å². The quantitative estimate of drug-likeness (QED) is 0.548. The van der Waals surface area contributed by atoms with Gasteiger partial charge in [-0.2, -0.15) is 0 Å². The molecule has 0 fully saturated rings. The molecule has 0 spiro atoms. The minimum Gasteiger partial charge on any atom is -0.497 e. The van der Waals surface area contributed by atoms with E-state index < -0.39 is 5.20 Å². The Kier molecular flexibility index (Phi) is 11.1. The number of nitrogens with one attached hydrogen (secondary N) is 1. The van der Waals surface area contributed by atoms with Crippen LogP contribution in [0.4, 0.5) is 0 Å². The van der Waals surface area contributed by atoms with Crippen molar-refractivity contribution in [1.29, 1.82) is 0 Å². The Morgan fingerprint density at radius 1 is 1.09 bits per heavy atom. The van der Waals surface area contributed by atoms with Crippen molar-refractivity contribution in [2.45, 2.75) is 0 Å². The first-order valence-electron chi connectivity index (χ1n) is 5.73. The van der Waals surface area contributed by atoms with Gasteiger partial charge in [0.05, 0.1) is 14.2 Å². The van der Waals surface area contributed by atoms with Gasteiger partial charge in [-0.05, 0) is 45.9 Å². The molecule has 23 heavy (non-hydrogen) atoms. The molecule has 0 radical (unpaired) electrons. The summed E-state index contributed by atoms with van der Waals surface area (Å²) in [6.45, 7) is 0. The molecule has 0 amide bonds. The van der Waals surface area contributed by atoms with Gasteiger partial charge in [-0.25, -0.2) is 4.98 Å². The van der Waals surface area contributed by atoms with Crippen molar-refractivity contribution >= 4 is 50.5 Å². The van der Waals surface area contributed by atoms with Crippen LogP contribution in [-0.2, 0) is 4.57 Å². The van der Waals surface area contributed by atoms with Crippen molar-refractivity contribution in [1.82, 2.24) is 9.97 Å². The van der Waals surface area contributed by atoms with E-state index in [-0.39, 0.29) is 5.56 Å². The molecule has 0 bridgehead atoms. The molecule has 0 aliphatic rings. The van der Waals surface area contributed by atoms with Crippen molar-refractivity contribution < 1.29 is 14.0 Å². The summed E-state index contributed by atoms with van der Waals surface area (Å²) in [4.78, 5) is 16.8. The van der Waals surface area contributed by atoms with Gasteiger partial charge in [-0.3, -0.25) is 9.36 Å². The molecule has 0 aliphatic heterocycles. The fourth-order valence-corrected chi connectivity index (χ4v) is 1.23. The van der Waals surface area contributed by atoms with E-state index in [1.165, 1.54) is 13.2 Å². The van der Waals surface area contributed by atoms with Gasteiger partial charge in [0.1, 0.15) is 16.7 Å². The number of ether oxygens (including phenoxy) is 2. The second-order valence-corrected chi connectivity index (χ2v) is 10.5. The Morgan fingerprint density at radius 2 is 1.61 bits per heavy atom. The van der Waals surface area contributed by atoms with Crippen molar-refractivity contribution in [3.05, 3.63) is 52.2 Å². The van der Waals surface area contributed by atoms with Gasteiger partial charge >= 0.3 is 5.20 Å². The SMILES string of the molecule is COc1cc[nH]c(=O)c1.COc1ccnc(Cl)c1.O=P(Cl)(Cl)Cl. The molecular weight excluding hydrogens is 409 g/mol. The van der Waals surface area contributed by atoms with E-state index in [0.29, 0.717) is 10.9 Å². The third-order valence-electron chi connectivity index (χ3n) is 1.92. The smallest absolute Gasteiger partial charge is 0.339 e. The van der Waals surface area contributed by atoms with E-state index in [1.54, 1.807) is 37.7 Å². The highest BCUT2D eigenvalue weighted by atomic mass is 36.0. The molecular formula is C12H13Cl4N2O4P. The molecule has 0 aliphatic carbocycles. The molecule has 128 valence electrons. The van der Waals surface area contributed by atoms with Gasteiger partial charge < -0.3 is 14.5 Å². The number of methoxy groups -OCH3 is 2. The Labute approximate surface area is 152 Å². The second kappa shape index (κ2) is 11.6. The van der Waals surface area contributed by atoms with E-state index in [9.17, 15) is 9.36 Å². The summed E-state index contributed by atoms with van der Waals surface area (Å²) in [7, 11) is 3.11. The Bertz CT molecular complexity index is 684. The van der Waals surface area contributed by atoms with Crippen LogP contribution in [-0.4, -0.2) is 24.2 Å². The maximum absolute atomic E-state index is 10.5. The maximum Gasteiger partial charge on any atom is 0.339 e. The predicted molar refractivity (Wildman–Crippen MR) is 94.6 cm³/mol. The highest BCUT2D eigenvalue weighted by Crippen LogP contribution is 2.61. The van der Waals surface area contributed by atoms with Crippen LogP contribution in [0.3, 0.4) is 0 Å². The van der Waals surface area contributed by atoms with Crippen LogP contribution in [0.5, 0.6) is 11.5 Å². The summed E-state index contributed by atoms with van der Waals surface area (Å²) in [5, 5.41) is -2.77. The van der Waals surface area contributed by atoms with Crippen molar-refractivity contribution in [3.63, 3.8) is 0 Å². The number of H-pyrrole nitrogens is 1. The number of aromatic nitrogens is 2. The highest BCUT2D eigenvalue weighted by molar-refractivity contribution is 8.24. The monoisotopic (exact) mass is 420 g/mol. The Balaban J connectivity index is 0.000000332.